The van der Waals surface area contributed by atoms with Crippen LogP contribution in [0.1, 0.15) is 64.2 Å². The highest BCUT2D eigenvalue weighted by molar-refractivity contribution is 7.87. The summed E-state index contributed by atoms with van der Waals surface area (Å²) in [4.78, 5) is 20.2. The van der Waals surface area contributed by atoms with Crippen LogP contribution in [0.15, 0.2) is 30.3 Å². The third kappa shape index (κ3) is 5.90. The molecule has 2 aromatic rings. The van der Waals surface area contributed by atoms with Crippen molar-refractivity contribution < 1.29 is 22.3 Å². The van der Waals surface area contributed by atoms with Crippen LogP contribution in [0.2, 0.25) is 0 Å². The number of ether oxygens (including phenoxy) is 1. The normalized spacial score (nSPS) is 20.0. The Morgan fingerprint density at radius 1 is 1.19 bits per heavy atom. The maximum absolute atomic E-state index is 14.5. The van der Waals surface area contributed by atoms with Crippen molar-refractivity contribution >= 4 is 21.9 Å². The van der Waals surface area contributed by atoms with Crippen LogP contribution in [-0.2, 0) is 10.2 Å². The highest BCUT2D eigenvalue weighted by atomic mass is 32.2. The van der Waals surface area contributed by atoms with Gasteiger partial charge in [0.2, 0.25) is 0 Å². The highest BCUT2D eigenvalue weighted by Crippen LogP contribution is 2.39. The van der Waals surface area contributed by atoms with Gasteiger partial charge in [-0.25, -0.2) is 14.1 Å². The summed E-state index contributed by atoms with van der Waals surface area (Å²) in [5.74, 6) is 0.221. The molecule has 1 unspecified atom stereocenters. The lowest BCUT2D eigenvalue weighted by atomic mass is 9.90. The van der Waals surface area contributed by atoms with Crippen LogP contribution in [-0.4, -0.2) is 55.4 Å². The highest BCUT2D eigenvalue weighted by Gasteiger charge is 2.41. The first-order valence-corrected chi connectivity index (χ1v) is 14.4. The molecule has 0 spiro atoms. The number of amides is 1. The second-order valence-electron chi connectivity index (χ2n) is 11.0. The van der Waals surface area contributed by atoms with Crippen molar-refractivity contribution in [2.75, 3.05) is 31.1 Å². The maximum Gasteiger partial charge on any atom is 0.304 e. The Balaban J connectivity index is 1.74. The number of carbonyl (C=O) groups is 1. The SMILES string of the molecule is CC(C)COc1cc(F)cc(-c2ccc(C(=O)NS(=O)(=O)N3CCCC3)c(N3CCC(C)C3(C)C)n2)c1. The summed E-state index contributed by atoms with van der Waals surface area (Å²) in [5.41, 5.74) is 0.836. The number of rotatable bonds is 8. The minimum atomic E-state index is -3.95. The Morgan fingerprint density at radius 3 is 2.51 bits per heavy atom. The Bertz CT molecular complexity index is 1260. The molecule has 2 fully saturated rings. The molecule has 10 heteroatoms. The quantitative estimate of drug-likeness (QED) is 0.534. The lowest BCUT2D eigenvalue weighted by molar-refractivity contribution is 0.0979. The van der Waals surface area contributed by atoms with Gasteiger partial charge in [0.25, 0.3) is 5.91 Å². The van der Waals surface area contributed by atoms with Crippen molar-refractivity contribution in [3.8, 4) is 17.0 Å². The Morgan fingerprint density at radius 2 is 1.89 bits per heavy atom. The monoisotopic (exact) mass is 532 g/mol. The summed E-state index contributed by atoms with van der Waals surface area (Å²) in [5, 5.41) is 0. The molecule has 3 heterocycles. The number of nitrogens with one attached hydrogen (secondary N) is 1. The topological polar surface area (TPSA) is 91.8 Å². The largest absolute Gasteiger partial charge is 0.493 e. The number of aromatic nitrogens is 1. The van der Waals surface area contributed by atoms with Crippen LogP contribution < -0.4 is 14.4 Å². The molecule has 1 amide bonds. The lowest BCUT2D eigenvalue weighted by Crippen LogP contribution is -2.45. The van der Waals surface area contributed by atoms with Gasteiger partial charge in [0.15, 0.2) is 0 Å². The van der Waals surface area contributed by atoms with Crippen LogP contribution in [0.5, 0.6) is 5.75 Å². The van der Waals surface area contributed by atoms with Gasteiger partial charge in [0.1, 0.15) is 17.4 Å². The molecular formula is C27H37FN4O4S. The van der Waals surface area contributed by atoms with E-state index in [1.807, 2.05) is 18.7 Å². The Hall–Kier alpha value is -2.72. The van der Waals surface area contributed by atoms with Crippen LogP contribution in [0.25, 0.3) is 11.3 Å². The maximum atomic E-state index is 14.5. The van der Waals surface area contributed by atoms with Crippen molar-refractivity contribution in [2.24, 2.45) is 11.8 Å². The number of halogens is 1. The predicted octanol–water partition coefficient (Wildman–Crippen LogP) is 4.62. The molecule has 202 valence electrons. The molecule has 1 atom stereocenters. The number of carbonyl (C=O) groups excluding carboxylic acids is 1. The molecule has 4 rings (SSSR count). The minimum absolute atomic E-state index is 0.168. The fraction of sp³-hybridized carbons (Fsp3) is 0.556. The summed E-state index contributed by atoms with van der Waals surface area (Å²) in [6.07, 6.45) is 2.44. The summed E-state index contributed by atoms with van der Waals surface area (Å²) >= 11 is 0. The van der Waals surface area contributed by atoms with E-state index in [4.69, 9.17) is 9.72 Å². The smallest absolute Gasteiger partial charge is 0.304 e. The van der Waals surface area contributed by atoms with Crippen molar-refractivity contribution in [1.82, 2.24) is 14.0 Å². The zero-order chi connectivity index (χ0) is 27.0. The van der Waals surface area contributed by atoms with Crippen molar-refractivity contribution in [3.63, 3.8) is 0 Å². The van der Waals surface area contributed by atoms with Crippen molar-refractivity contribution in [2.45, 2.75) is 59.4 Å². The van der Waals surface area contributed by atoms with E-state index in [2.05, 4.69) is 25.5 Å². The molecule has 0 bridgehead atoms. The van der Waals surface area contributed by atoms with E-state index in [9.17, 15) is 17.6 Å². The van der Waals surface area contributed by atoms with Crippen molar-refractivity contribution in [1.29, 1.82) is 0 Å². The van der Waals surface area contributed by atoms with Gasteiger partial charge in [-0.2, -0.15) is 12.7 Å². The molecule has 1 aromatic carbocycles. The molecule has 0 radical (unpaired) electrons. The van der Waals surface area contributed by atoms with E-state index in [-0.39, 0.29) is 17.0 Å². The van der Waals surface area contributed by atoms with E-state index >= 15 is 0 Å². The summed E-state index contributed by atoms with van der Waals surface area (Å²) in [6, 6.07) is 7.64. The zero-order valence-electron chi connectivity index (χ0n) is 22.3. The van der Waals surface area contributed by atoms with Gasteiger partial charge >= 0.3 is 10.2 Å². The standard InChI is InChI=1S/C27H37FN4O4S/c1-18(2)17-36-22-15-20(14-21(28)16-22)24-9-8-23(25(29-24)32-13-10-19(3)27(32,4)5)26(33)30-37(34,35)31-11-6-7-12-31/h8-9,14-16,18-19H,6-7,10-13,17H2,1-5H3,(H,30,33). The van der Waals surface area contributed by atoms with E-state index in [1.54, 1.807) is 18.2 Å². The van der Waals surface area contributed by atoms with Gasteiger partial charge in [-0.05, 0) is 69.2 Å². The molecule has 0 aliphatic carbocycles. The van der Waals surface area contributed by atoms with Gasteiger partial charge in [0, 0.05) is 36.8 Å². The minimum Gasteiger partial charge on any atom is -0.493 e. The fourth-order valence-corrected chi connectivity index (χ4v) is 6.04. The number of pyridine rings is 1. The molecule has 2 saturated heterocycles. The number of hydrogen-bond acceptors (Lipinski definition) is 6. The number of nitrogens with zero attached hydrogens (tertiary/aromatic N) is 3. The van der Waals surface area contributed by atoms with E-state index in [0.717, 1.165) is 19.3 Å². The number of benzene rings is 1. The predicted molar refractivity (Wildman–Crippen MR) is 142 cm³/mol. The fourth-order valence-electron chi connectivity index (χ4n) is 4.82. The Kier molecular flexibility index (Phi) is 7.80. The van der Waals surface area contributed by atoms with Crippen molar-refractivity contribution in [3.05, 3.63) is 41.7 Å². The number of hydrogen-bond donors (Lipinski definition) is 1. The van der Waals surface area contributed by atoms with Gasteiger partial charge in [-0.3, -0.25) is 4.79 Å². The van der Waals surface area contributed by atoms with E-state index < -0.39 is 21.9 Å². The third-order valence-corrected chi connectivity index (χ3v) is 8.93. The van der Waals surface area contributed by atoms with Crippen LogP contribution in [0, 0.1) is 17.7 Å². The first-order valence-electron chi connectivity index (χ1n) is 12.9. The van der Waals surface area contributed by atoms with Gasteiger partial charge in [-0.15, -0.1) is 0 Å². The zero-order valence-corrected chi connectivity index (χ0v) is 23.1. The molecule has 1 N–H and O–H groups in total. The second kappa shape index (κ2) is 10.6. The van der Waals surface area contributed by atoms with E-state index in [1.165, 1.54) is 16.4 Å². The lowest BCUT2D eigenvalue weighted by Gasteiger charge is -2.36. The molecule has 1 aromatic heterocycles. The molecular weight excluding hydrogens is 495 g/mol. The van der Waals surface area contributed by atoms with Gasteiger partial charge in [-0.1, -0.05) is 20.8 Å². The number of anilines is 1. The van der Waals surface area contributed by atoms with E-state index in [0.29, 0.717) is 55.0 Å². The summed E-state index contributed by atoms with van der Waals surface area (Å²) in [6.45, 7) is 12.2. The molecule has 37 heavy (non-hydrogen) atoms. The Labute approximate surface area is 219 Å². The average Bonchev–Trinajstić information content (AvgIpc) is 3.46. The average molecular weight is 533 g/mol. The second-order valence-corrected chi connectivity index (χ2v) is 12.7. The summed E-state index contributed by atoms with van der Waals surface area (Å²) < 4.78 is 49.4. The molecule has 2 aliphatic heterocycles. The molecule has 8 nitrogen and oxygen atoms in total. The first-order chi connectivity index (χ1) is 17.4. The van der Waals surface area contributed by atoms with Gasteiger partial charge in [0.05, 0.1) is 17.9 Å². The molecule has 2 aliphatic rings. The van der Waals surface area contributed by atoms with Crippen LogP contribution in [0.4, 0.5) is 10.2 Å². The van der Waals surface area contributed by atoms with Gasteiger partial charge < -0.3 is 9.64 Å². The molecule has 0 saturated carbocycles. The first kappa shape index (κ1) is 27.3. The summed E-state index contributed by atoms with van der Waals surface area (Å²) in [7, 11) is -3.95. The van der Waals surface area contributed by atoms with Crippen LogP contribution in [0.3, 0.4) is 0 Å². The van der Waals surface area contributed by atoms with Crippen LogP contribution >= 0.6 is 0 Å². The third-order valence-electron chi connectivity index (χ3n) is 7.44.